The summed E-state index contributed by atoms with van der Waals surface area (Å²) in [7, 11) is 0. The first kappa shape index (κ1) is 9.67. The summed E-state index contributed by atoms with van der Waals surface area (Å²) in [4.78, 5) is 6.00. The van der Waals surface area contributed by atoms with E-state index in [0.717, 1.165) is 11.4 Å². The molecule has 74 valence electrons. The third-order valence-electron chi connectivity index (χ3n) is 2.82. The molecule has 2 nitrogen and oxygen atoms in total. The fourth-order valence-corrected chi connectivity index (χ4v) is 3.27. The van der Waals surface area contributed by atoms with Gasteiger partial charge in [-0.05, 0) is 19.3 Å². The Bertz CT molecular complexity index is 384. The first-order valence-electron chi connectivity index (χ1n) is 4.99. The van der Waals surface area contributed by atoms with Gasteiger partial charge in [-0.1, -0.05) is 13.8 Å². The van der Waals surface area contributed by atoms with E-state index in [1.54, 1.807) is 11.3 Å². The zero-order chi connectivity index (χ0) is 10.2. The Labute approximate surface area is 88.6 Å². The van der Waals surface area contributed by atoms with Crippen molar-refractivity contribution < 1.29 is 0 Å². The van der Waals surface area contributed by atoms with Crippen LogP contribution in [-0.4, -0.2) is 4.98 Å². The molecule has 0 unspecified atom stereocenters. The van der Waals surface area contributed by atoms with Gasteiger partial charge in [-0.25, -0.2) is 4.98 Å². The molecule has 0 radical (unpaired) electrons. The lowest BCUT2D eigenvalue weighted by atomic mass is 9.79. The van der Waals surface area contributed by atoms with E-state index in [0.29, 0.717) is 6.42 Å². The summed E-state index contributed by atoms with van der Waals surface area (Å²) in [5.74, 6) is 0. The quantitative estimate of drug-likeness (QED) is 0.708. The Morgan fingerprint density at radius 2 is 2.36 bits per heavy atom. The number of rotatable bonds is 1. The third-order valence-corrected chi connectivity index (χ3v) is 3.93. The largest absolute Gasteiger partial charge is 0.244 e. The molecule has 3 heteroatoms. The van der Waals surface area contributed by atoms with Crippen LogP contribution < -0.4 is 0 Å². The van der Waals surface area contributed by atoms with Crippen molar-refractivity contribution in [1.82, 2.24) is 4.98 Å². The predicted molar refractivity (Wildman–Crippen MR) is 57.4 cm³/mol. The molecule has 0 aliphatic heterocycles. The molecule has 1 aromatic heterocycles. The first-order valence-corrected chi connectivity index (χ1v) is 5.81. The summed E-state index contributed by atoms with van der Waals surface area (Å²) in [6.07, 6.45) is 4.10. The number of hydrogen-bond acceptors (Lipinski definition) is 3. The van der Waals surface area contributed by atoms with Gasteiger partial charge in [0.25, 0.3) is 0 Å². The maximum atomic E-state index is 8.63. The molecule has 1 aromatic rings. The molecule has 2 rings (SSSR count). The molecule has 1 heterocycles. The van der Waals surface area contributed by atoms with E-state index in [4.69, 9.17) is 5.26 Å². The third kappa shape index (κ3) is 1.55. The molecule has 0 atom stereocenters. The van der Waals surface area contributed by atoms with E-state index in [1.165, 1.54) is 23.4 Å². The van der Waals surface area contributed by atoms with Gasteiger partial charge < -0.3 is 0 Å². The van der Waals surface area contributed by atoms with Crippen molar-refractivity contribution in [3.63, 3.8) is 0 Å². The minimum absolute atomic E-state index is 0.220. The van der Waals surface area contributed by atoms with Crippen molar-refractivity contribution >= 4 is 11.3 Å². The molecule has 0 bridgehead atoms. The van der Waals surface area contributed by atoms with Crippen molar-refractivity contribution in [2.24, 2.45) is 0 Å². The maximum Gasteiger partial charge on any atom is 0.107 e. The number of hydrogen-bond donors (Lipinski definition) is 0. The summed E-state index contributed by atoms with van der Waals surface area (Å²) in [6.45, 7) is 4.50. The molecule has 14 heavy (non-hydrogen) atoms. The Morgan fingerprint density at radius 3 is 3.00 bits per heavy atom. The van der Waals surface area contributed by atoms with Gasteiger partial charge in [0.15, 0.2) is 0 Å². The van der Waals surface area contributed by atoms with Crippen molar-refractivity contribution in [2.75, 3.05) is 0 Å². The molecule has 0 amide bonds. The Hall–Kier alpha value is -0.880. The number of nitrogens with zero attached hydrogens (tertiary/aromatic N) is 2. The van der Waals surface area contributed by atoms with Crippen LogP contribution in [0.25, 0.3) is 0 Å². The van der Waals surface area contributed by atoms with Gasteiger partial charge >= 0.3 is 0 Å². The summed E-state index contributed by atoms with van der Waals surface area (Å²) >= 11 is 1.73. The summed E-state index contributed by atoms with van der Waals surface area (Å²) in [6, 6.07) is 2.17. The average Bonchev–Trinajstić information content (AvgIpc) is 2.49. The van der Waals surface area contributed by atoms with Crippen LogP contribution in [0.3, 0.4) is 0 Å². The van der Waals surface area contributed by atoms with Crippen molar-refractivity contribution in [1.29, 1.82) is 5.26 Å². The summed E-state index contributed by atoms with van der Waals surface area (Å²) < 4.78 is 0. The van der Waals surface area contributed by atoms with Crippen LogP contribution in [0.4, 0.5) is 0 Å². The van der Waals surface area contributed by atoms with Gasteiger partial charge in [0.05, 0.1) is 18.2 Å². The fourth-order valence-electron chi connectivity index (χ4n) is 2.05. The molecule has 0 N–H and O–H groups in total. The van der Waals surface area contributed by atoms with Crippen molar-refractivity contribution in [3.8, 4) is 6.07 Å². The molecular formula is C11H14N2S. The van der Waals surface area contributed by atoms with Gasteiger partial charge in [-0.15, -0.1) is 11.3 Å². The lowest BCUT2D eigenvalue weighted by molar-refractivity contribution is 0.423. The monoisotopic (exact) mass is 206 g/mol. The predicted octanol–water partition coefficient (Wildman–Crippen LogP) is 2.82. The van der Waals surface area contributed by atoms with Crippen LogP contribution in [0.2, 0.25) is 0 Å². The fraction of sp³-hybridized carbons (Fsp3) is 0.636. The standard InChI is InChI=1S/C11H14N2S/c1-11(2)6-3-4-8-10(11)13-9(14-8)5-7-12/h3-6H2,1-2H3. The van der Waals surface area contributed by atoms with E-state index in [1.807, 2.05) is 0 Å². The van der Waals surface area contributed by atoms with Gasteiger partial charge in [-0.3, -0.25) is 0 Å². The number of thiazole rings is 1. The van der Waals surface area contributed by atoms with Crippen molar-refractivity contribution in [3.05, 3.63) is 15.6 Å². The van der Waals surface area contributed by atoms with Crippen LogP contribution in [-0.2, 0) is 18.3 Å². The second-order valence-electron chi connectivity index (χ2n) is 4.45. The highest BCUT2D eigenvalue weighted by molar-refractivity contribution is 7.11. The molecule has 0 spiro atoms. The molecule has 1 aliphatic rings. The smallest absolute Gasteiger partial charge is 0.107 e. The highest BCUT2D eigenvalue weighted by Crippen LogP contribution is 2.38. The van der Waals surface area contributed by atoms with Crippen LogP contribution in [0.15, 0.2) is 0 Å². The lowest BCUT2D eigenvalue weighted by Gasteiger charge is -2.28. The van der Waals surface area contributed by atoms with Gasteiger partial charge in [0.2, 0.25) is 0 Å². The van der Waals surface area contributed by atoms with E-state index in [2.05, 4.69) is 24.9 Å². The number of aryl methyl sites for hydroxylation is 1. The molecule has 0 aromatic carbocycles. The zero-order valence-corrected chi connectivity index (χ0v) is 9.45. The van der Waals surface area contributed by atoms with Crippen LogP contribution in [0.1, 0.15) is 42.3 Å². The van der Waals surface area contributed by atoms with Crippen molar-refractivity contribution in [2.45, 2.75) is 44.9 Å². The highest BCUT2D eigenvalue weighted by Gasteiger charge is 2.30. The summed E-state index contributed by atoms with van der Waals surface area (Å²) in [5, 5.41) is 9.62. The van der Waals surface area contributed by atoms with E-state index in [9.17, 15) is 0 Å². The van der Waals surface area contributed by atoms with E-state index >= 15 is 0 Å². The second kappa shape index (κ2) is 3.36. The van der Waals surface area contributed by atoms with E-state index < -0.39 is 0 Å². The van der Waals surface area contributed by atoms with Gasteiger partial charge in [0, 0.05) is 10.3 Å². The highest BCUT2D eigenvalue weighted by atomic mass is 32.1. The topological polar surface area (TPSA) is 36.7 Å². The van der Waals surface area contributed by atoms with Gasteiger partial charge in [-0.2, -0.15) is 5.26 Å². The Morgan fingerprint density at radius 1 is 1.57 bits per heavy atom. The zero-order valence-electron chi connectivity index (χ0n) is 8.63. The maximum absolute atomic E-state index is 8.63. The molecule has 0 saturated heterocycles. The van der Waals surface area contributed by atoms with E-state index in [-0.39, 0.29) is 5.41 Å². The van der Waals surface area contributed by atoms with Crippen LogP contribution in [0.5, 0.6) is 0 Å². The Balaban J connectivity index is 2.40. The minimum atomic E-state index is 0.220. The first-order chi connectivity index (χ1) is 6.63. The lowest BCUT2D eigenvalue weighted by Crippen LogP contribution is -2.23. The molecule has 0 fully saturated rings. The number of fused-ring (bicyclic) bond motifs is 1. The molecule has 0 saturated carbocycles. The minimum Gasteiger partial charge on any atom is -0.244 e. The van der Waals surface area contributed by atoms with Gasteiger partial charge in [0.1, 0.15) is 5.01 Å². The Kier molecular flexibility index (Phi) is 2.32. The number of nitriles is 1. The molecular weight excluding hydrogens is 192 g/mol. The SMILES string of the molecule is CC1(C)CCCc2sc(CC#N)nc21. The second-order valence-corrected chi connectivity index (χ2v) is 5.62. The van der Waals surface area contributed by atoms with Crippen LogP contribution >= 0.6 is 11.3 Å². The normalized spacial score (nSPS) is 18.6. The molecule has 1 aliphatic carbocycles. The van der Waals surface area contributed by atoms with Crippen LogP contribution in [0, 0.1) is 11.3 Å². The number of aromatic nitrogens is 1. The summed E-state index contributed by atoms with van der Waals surface area (Å²) in [5.41, 5.74) is 1.47. The average molecular weight is 206 g/mol.